The van der Waals surface area contributed by atoms with E-state index < -0.39 is 0 Å². The van der Waals surface area contributed by atoms with Gasteiger partial charge in [-0.05, 0) is 107 Å². The predicted molar refractivity (Wildman–Crippen MR) is 263 cm³/mol. The maximum atomic E-state index is 11.1. The molecule has 0 bridgehead atoms. The smallest absolute Gasteiger partial charge is 0.194 e. The molecule has 0 radical (unpaired) electrons. The van der Waals surface area contributed by atoms with Crippen LogP contribution < -0.4 is 0 Å². The van der Waals surface area contributed by atoms with E-state index in [1.165, 1.54) is 41.2 Å². The van der Waals surface area contributed by atoms with E-state index in [4.69, 9.17) is 8.83 Å². The first kappa shape index (κ1) is 57.5. The summed E-state index contributed by atoms with van der Waals surface area (Å²) < 4.78 is 10.5. The number of hydrogen-bond donors (Lipinski definition) is 0. The Morgan fingerprint density at radius 1 is 0.468 bits per heavy atom. The Kier molecular flexibility index (Phi) is 21.6. The van der Waals surface area contributed by atoms with Crippen LogP contribution in [0.25, 0.3) is 0 Å². The molecule has 9 heteroatoms. The van der Waals surface area contributed by atoms with Crippen LogP contribution in [-0.2, 0) is 27.1 Å². The second-order valence-corrected chi connectivity index (χ2v) is 22.3. The number of Topliss-reactive ketones (excluding diaryl/α,β-unsaturated/α-hetero) is 5. The highest BCUT2D eigenvalue weighted by atomic mass is 32.1. The lowest BCUT2D eigenvalue weighted by atomic mass is 9.86. The second kappa shape index (κ2) is 23.3. The Balaban J connectivity index is 0.000000747. The lowest BCUT2D eigenvalue weighted by Crippen LogP contribution is -2.11. The van der Waals surface area contributed by atoms with Crippen LogP contribution in [0.3, 0.4) is 0 Å². The van der Waals surface area contributed by atoms with Gasteiger partial charge in [0.2, 0.25) is 0 Å². The molecule has 1 aromatic carbocycles. The second-order valence-electron chi connectivity index (χ2n) is 20.3. The molecule has 5 aromatic rings. The molecule has 0 spiro atoms. The van der Waals surface area contributed by atoms with Crippen molar-refractivity contribution >= 4 is 51.6 Å². The van der Waals surface area contributed by atoms with Gasteiger partial charge in [-0.25, -0.2) is 0 Å². The average molecular weight is 889 g/mol. The van der Waals surface area contributed by atoms with Crippen molar-refractivity contribution in [3.8, 4) is 0 Å². The molecular formula is C53H76O7S2. The van der Waals surface area contributed by atoms with E-state index in [2.05, 4.69) is 115 Å². The fourth-order valence-corrected chi connectivity index (χ4v) is 6.89. The van der Waals surface area contributed by atoms with E-state index in [1.807, 2.05) is 48.5 Å². The Labute approximate surface area is 382 Å². The van der Waals surface area contributed by atoms with Gasteiger partial charge in [-0.15, -0.1) is 22.7 Å². The fourth-order valence-electron chi connectivity index (χ4n) is 4.89. The molecule has 0 aliphatic carbocycles. The molecule has 0 amide bonds. The van der Waals surface area contributed by atoms with Gasteiger partial charge < -0.3 is 8.83 Å². The van der Waals surface area contributed by atoms with Gasteiger partial charge in [-0.3, -0.25) is 24.0 Å². The topological polar surface area (TPSA) is 112 Å². The van der Waals surface area contributed by atoms with Crippen molar-refractivity contribution < 1.29 is 32.8 Å². The zero-order valence-electron chi connectivity index (χ0n) is 40.6. The molecule has 62 heavy (non-hydrogen) atoms. The number of hydrogen-bond acceptors (Lipinski definition) is 9. The van der Waals surface area contributed by atoms with Crippen molar-refractivity contribution in [2.24, 2.45) is 0 Å². The SMILES string of the molecule is C.CC(=O)c1cc(C(C)(C)C)co1.CC(=O)c1cc(C(C)(C)C)cs1.CC(=O)c1ccc(C(C)(C)C)o1.CC(=O)c1ccc(C(C)(C)C)s1.CC(=O)c1cccc(C(C)(C)C)c1. The van der Waals surface area contributed by atoms with Crippen LogP contribution in [0.15, 0.2) is 81.1 Å². The van der Waals surface area contributed by atoms with Crippen molar-refractivity contribution in [2.75, 3.05) is 0 Å². The van der Waals surface area contributed by atoms with Crippen molar-refractivity contribution in [1.82, 2.24) is 0 Å². The summed E-state index contributed by atoms with van der Waals surface area (Å²) in [5.41, 5.74) is 4.79. The van der Waals surface area contributed by atoms with E-state index in [1.54, 1.807) is 44.4 Å². The summed E-state index contributed by atoms with van der Waals surface area (Å²) in [5, 5.41) is 2.07. The first-order valence-electron chi connectivity index (χ1n) is 20.6. The van der Waals surface area contributed by atoms with Crippen molar-refractivity contribution in [2.45, 2.75) is 173 Å². The number of furan rings is 2. The first-order valence-corrected chi connectivity index (χ1v) is 22.3. The van der Waals surface area contributed by atoms with Crippen LogP contribution in [0.5, 0.6) is 0 Å². The van der Waals surface area contributed by atoms with Crippen molar-refractivity contribution in [1.29, 1.82) is 0 Å². The standard InChI is InChI=1S/C12H16O.2C10H14O2.2C10H14OS.CH4/c1-9(13)10-6-5-7-11(8-10)12(2,3)4;1-7(11)9-5-8(6-12-9)10(2,3)4;1-7(11)8-5-6-9(12-8)10(2,3)4;1-7(11)9-5-8(6-12-9)10(2,3)4;1-7(11)8-5-6-9(12-8)10(2,3)4;/h5-8H,1-4H3;4*5-6H,1-4H3;1H4. The minimum absolute atomic E-state index is 0. The molecule has 342 valence electrons. The zero-order valence-corrected chi connectivity index (χ0v) is 42.2. The summed E-state index contributed by atoms with van der Waals surface area (Å²) in [6, 6.07) is 19.2. The van der Waals surface area contributed by atoms with Gasteiger partial charge in [0.25, 0.3) is 0 Å². The summed E-state index contributed by atoms with van der Waals surface area (Å²) in [6.45, 7) is 39.6. The van der Waals surface area contributed by atoms with Gasteiger partial charge >= 0.3 is 0 Å². The molecule has 4 heterocycles. The van der Waals surface area contributed by atoms with Gasteiger partial charge in [0, 0.05) is 29.7 Å². The third kappa shape index (κ3) is 19.7. The lowest BCUT2D eigenvalue weighted by molar-refractivity contribution is 0.0977. The van der Waals surface area contributed by atoms with Crippen LogP contribution in [0.1, 0.15) is 224 Å². The number of carbonyl (C=O) groups is 5. The fraction of sp³-hybridized carbons (Fsp3) is 0.491. The number of benzene rings is 1. The number of carbonyl (C=O) groups excluding carboxylic acids is 5. The first-order chi connectivity index (χ1) is 27.5. The summed E-state index contributed by atoms with van der Waals surface area (Å²) in [7, 11) is 0. The highest BCUT2D eigenvalue weighted by Gasteiger charge is 2.21. The predicted octanol–water partition coefficient (Wildman–Crippen LogP) is 15.9. The summed E-state index contributed by atoms with van der Waals surface area (Å²) in [6.07, 6.45) is 1.65. The quantitative estimate of drug-likeness (QED) is 0.162. The van der Waals surface area contributed by atoms with Crippen LogP contribution >= 0.6 is 22.7 Å². The van der Waals surface area contributed by atoms with Gasteiger partial charge in [-0.2, -0.15) is 0 Å². The molecule has 0 aliphatic heterocycles. The van der Waals surface area contributed by atoms with E-state index in [9.17, 15) is 24.0 Å². The normalized spacial score (nSPS) is 11.4. The van der Waals surface area contributed by atoms with Crippen molar-refractivity contribution in [3.05, 3.63) is 126 Å². The Morgan fingerprint density at radius 2 is 0.984 bits per heavy atom. The minimum atomic E-state index is -0.0227. The molecule has 7 nitrogen and oxygen atoms in total. The molecule has 0 N–H and O–H groups in total. The molecule has 0 fully saturated rings. The van der Waals surface area contributed by atoms with Crippen LogP contribution in [0.2, 0.25) is 0 Å². The molecule has 0 unspecified atom stereocenters. The number of thiophene rings is 2. The maximum Gasteiger partial charge on any atom is 0.194 e. The summed E-state index contributed by atoms with van der Waals surface area (Å²) in [5.74, 6) is 2.15. The molecule has 0 saturated heterocycles. The number of ketones is 5. The lowest BCUT2D eigenvalue weighted by Gasteiger charge is -2.19. The Hall–Kier alpha value is -4.47. The van der Waals surface area contributed by atoms with E-state index in [-0.39, 0.29) is 63.4 Å². The highest BCUT2D eigenvalue weighted by Crippen LogP contribution is 2.30. The molecule has 5 rings (SSSR count). The van der Waals surface area contributed by atoms with E-state index in [0.717, 1.165) is 26.6 Å². The van der Waals surface area contributed by atoms with Gasteiger partial charge in [0.15, 0.2) is 40.4 Å². The monoisotopic (exact) mass is 889 g/mol. The molecular weight excluding hydrogens is 813 g/mol. The molecule has 0 saturated carbocycles. The average Bonchev–Trinajstić information content (AvgIpc) is 3.94. The van der Waals surface area contributed by atoms with Crippen LogP contribution in [-0.4, -0.2) is 28.9 Å². The molecule has 0 aliphatic rings. The largest absolute Gasteiger partial charge is 0.461 e. The van der Waals surface area contributed by atoms with E-state index >= 15 is 0 Å². The number of rotatable bonds is 5. The summed E-state index contributed by atoms with van der Waals surface area (Å²) in [4.78, 5) is 57.9. The van der Waals surface area contributed by atoms with Crippen molar-refractivity contribution in [3.63, 3.8) is 0 Å². The Bertz CT molecular complexity index is 1970. The third-order valence-electron chi connectivity index (χ3n) is 9.14. The summed E-state index contributed by atoms with van der Waals surface area (Å²) >= 11 is 3.13. The third-order valence-corrected chi connectivity index (χ3v) is 11.8. The minimum Gasteiger partial charge on any atom is -0.461 e. The Morgan fingerprint density at radius 3 is 1.27 bits per heavy atom. The van der Waals surface area contributed by atoms with Gasteiger partial charge in [0.1, 0.15) is 5.76 Å². The van der Waals surface area contributed by atoms with Gasteiger partial charge in [0.05, 0.1) is 16.0 Å². The van der Waals surface area contributed by atoms with Crippen LogP contribution in [0.4, 0.5) is 0 Å². The molecule has 0 atom stereocenters. The molecule has 4 aromatic heterocycles. The van der Waals surface area contributed by atoms with Crippen LogP contribution in [0, 0.1) is 0 Å². The maximum absolute atomic E-state index is 11.1. The van der Waals surface area contributed by atoms with Gasteiger partial charge in [-0.1, -0.05) is 129 Å². The zero-order chi connectivity index (χ0) is 47.5. The highest BCUT2D eigenvalue weighted by molar-refractivity contribution is 7.14. The van der Waals surface area contributed by atoms with E-state index in [0.29, 0.717) is 11.5 Å².